The highest BCUT2D eigenvalue weighted by atomic mass is 16.4. The van der Waals surface area contributed by atoms with E-state index in [-0.39, 0.29) is 5.41 Å². The van der Waals surface area contributed by atoms with E-state index in [9.17, 15) is 4.79 Å². The highest BCUT2D eigenvalue weighted by molar-refractivity contribution is 5.66. The summed E-state index contributed by atoms with van der Waals surface area (Å²) in [5.74, 6) is 1.77. The van der Waals surface area contributed by atoms with Gasteiger partial charge in [-0.3, -0.25) is 0 Å². The molecule has 2 saturated carbocycles. The Balaban J connectivity index is 1.42. The third-order valence-corrected chi connectivity index (χ3v) is 4.55. The molecule has 96 valence electrons. The fraction of sp³-hybridized carbons (Fsp3) is 0.750. The van der Waals surface area contributed by atoms with Gasteiger partial charge in [-0.15, -0.1) is 0 Å². The fourth-order valence-electron chi connectivity index (χ4n) is 3.44. The van der Waals surface area contributed by atoms with E-state index in [0.717, 1.165) is 18.7 Å². The average Bonchev–Trinajstić information content (AvgIpc) is 2.94. The van der Waals surface area contributed by atoms with Crippen LogP contribution in [0.25, 0.3) is 0 Å². The maximum atomic E-state index is 10.8. The van der Waals surface area contributed by atoms with Gasteiger partial charge < -0.3 is 10.0 Å². The molecule has 6 nitrogen and oxygen atoms in total. The molecular weight excluding hydrogens is 232 g/mol. The van der Waals surface area contributed by atoms with Gasteiger partial charge in [0.15, 0.2) is 0 Å². The molecule has 1 aromatic heterocycles. The second-order valence-electron chi connectivity index (χ2n) is 6.04. The van der Waals surface area contributed by atoms with Gasteiger partial charge >= 0.3 is 6.09 Å². The Morgan fingerprint density at radius 2 is 2.11 bits per heavy atom. The maximum Gasteiger partial charge on any atom is 0.407 e. The van der Waals surface area contributed by atoms with Crippen LogP contribution in [0, 0.1) is 5.41 Å². The zero-order valence-electron chi connectivity index (χ0n) is 10.1. The van der Waals surface area contributed by atoms with E-state index in [1.165, 1.54) is 17.7 Å². The number of nitrogens with zero attached hydrogens (tertiary/aromatic N) is 4. The van der Waals surface area contributed by atoms with Crippen molar-refractivity contribution in [2.45, 2.75) is 37.6 Å². The molecule has 3 aliphatic rings. The van der Waals surface area contributed by atoms with Gasteiger partial charge in [-0.25, -0.2) is 14.5 Å². The first-order valence-electron chi connectivity index (χ1n) is 6.54. The van der Waals surface area contributed by atoms with Crippen molar-refractivity contribution < 1.29 is 9.90 Å². The van der Waals surface area contributed by atoms with Crippen LogP contribution in [0.5, 0.6) is 0 Å². The Labute approximate surface area is 105 Å². The maximum absolute atomic E-state index is 10.8. The predicted octanol–water partition coefficient (Wildman–Crippen LogP) is 1.47. The number of amides is 1. The molecule has 0 atom stereocenters. The minimum atomic E-state index is -0.788. The van der Waals surface area contributed by atoms with E-state index in [1.54, 1.807) is 6.33 Å². The van der Waals surface area contributed by atoms with E-state index < -0.39 is 6.09 Å². The van der Waals surface area contributed by atoms with E-state index >= 15 is 0 Å². The molecule has 0 unspecified atom stereocenters. The molecule has 1 saturated heterocycles. The van der Waals surface area contributed by atoms with Crippen LogP contribution in [-0.2, 0) is 0 Å². The van der Waals surface area contributed by atoms with Crippen LogP contribution in [0.1, 0.15) is 43.5 Å². The Hall–Kier alpha value is -1.59. The molecule has 6 heteroatoms. The molecular formula is C12H16N4O2. The topological polar surface area (TPSA) is 71.2 Å². The first-order chi connectivity index (χ1) is 8.67. The lowest BCUT2D eigenvalue weighted by Crippen LogP contribution is -2.63. The van der Waals surface area contributed by atoms with Gasteiger partial charge in [0.1, 0.15) is 12.2 Å². The molecule has 1 N–H and O–H groups in total. The standard InChI is InChI=1S/C12H16N4O2/c17-11(18)15-5-12(6-15)3-9(4-12)16-10(8-1-2-8)13-7-14-16/h7-9H,1-6H2,(H,17,18). The van der Waals surface area contributed by atoms with Gasteiger partial charge in [0, 0.05) is 24.4 Å². The summed E-state index contributed by atoms with van der Waals surface area (Å²) >= 11 is 0. The SMILES string of the molecule is O=C(O)N1CC2(CC(n3ncnc3C3CC3)C2)C1. The predicted molar refractivity (Wildman–Crippen MR) is 62.3 cm³/mol. The lowest BCUT2D eigenvalue weighted by Gasteiger charge is -2.58. The number of carboxylic acid groups (broad SMARTS) is 1. The number of rotatable bonds is 2. The fourth-order valence-corrected chi connectivity index (χ4v) is 3.44. The summed E-state index contributed by atoms with van der Waals surface area (Å²) in [5, 5.41) is 13.2. The summed E-state index contributed by atoms with van der Waals surface area (Å²) in [6, 6.07) is 0.444. The minimum Gasteiger partial charge on any atom is -0.465 e. The van der Waals surface area contributed by atoms with Crippen molar-refractivity contribution in [3.05, 3.63) is 12.2 Å². The highest BCUT2D eigenvalue weighted by Gasteiger charge is 2.55. The molecule has 0 aromatic carbocycles. The Morgan fingerprint density at radius 3 is 2.72 bits per heavy atom. The first-order valence-corrected chi connectivity index (χ1v) is 6.54. The number of carbonyl (C=O) groups is 1. The molecule has 3 fully saturated rings. The molecule has 1 amide bonds. The number of hydrogen-bond donors (Lipinski definition) is 1. The Kier molecular flexibility index (Phi) is 1.86. The lowest BCUT2D eigenvalue weighted by molar-refractivity contribution is -0.0778. The van der Waals surface area contributed by atoms with Crippen molar-refractivity contribution in [3.8, 4) is 0 Å². The summed E-state index contributed by atoms with van der Waals surface area (Å²) in [4.78, 5) is 16.6. The van der Waals surface area contributed by atoms with Gasteiger partial charge in [0.25, 0.3) is 0 Å². The second kappa shape index (κ2) is 3.24. The molecule has 18 heavy (non-hydrogen) atoms. The summed E-state index contributed by atoms with van der Waals surface area (Å²) in [7, 11) is 0. The van der Waals surface area contributed by atoms with E-state index in [0.29, 0.717) is 25.0 Å². The van der Waals surface area contributed by atoms with Crippen molar-refractivity contribution >= 4 is 6.09 Å². The Morgan fingerprint density at radius 1 is 1.39 bits per heavy atom. The van der Waals surface area contributed by atoms with Crippen LogP contribution in [0.4, 0.5) is 4.79 Å². The summed E-state index contributed by atoms with van der Waals surface area (Å²) in [5.41, 5.74) is 0.246. The molecule has 1 spiro atoms. The van der Waals surface area contributed by atoms with Gasteiger partial charge in [0.2, 0.25) is 0 Å². The van der Waals surface area contributed by atoms with Crippen molar-refractivity contribution in [2.75, 3.05) is 13.1 Å². The summed E-state index contributed by atoms with van der Waals surface area (Å²) in [6.45, 7) is 1.40. The first kappa shape index (κ1) is 10.3. The zero-order chi connectivity index (χ0) is 12.3. The lowest BCUT2D eigenvalue weighted by atomic mass is 9.61. The quantitative estimate of drug-likeness (QED) is 0.860. The van der Waals surface area contributed by atoms with Crippen LogP contribution in [0.15, 0.2) is 6.33 Å². The van der Waals surface area contributed by atoms with Gasteiger partial charge in [-0.1, -0.05) is 0 Å². The van der Waals surface area contributed by atoms with Gasteiger partial charge in [-0.2, -0.15) is 5.10 Å². The molecule has 1 aliphatic heterocycles. The molecule has 4 rings (SSSR count). The second-order valence-corrected chi connectivity index (χ2v) is 6.04. The minimum absolute atomic E-state index is 0.246. The highest BCUT2D eigenvalue weighted by Crippen LogP contribution is 2.54. The van der Waals surface area contributed by atoms with Crippen LogP contribution in [-0.4, -0.2) is 44.0 Å². The van der Waals surface area contributed by atoms with Crippen LogP contribution >= 0.6 is 0 Å². The molecule has 2 heterocycles. The van der Waals surface area contributed by atoms with E-state index in [4.69, 9.17) is 5.11 Å². The van der Waals surface area contributed by atoms with Gasteiger partial charge in [0.05, 0.1) is 6.04 Å². The third kappa shape index (κ3) is 1.38. The van der Waals surface area contributed by atoms with Crippen molar-refractivity contribution in [1.82, 2.24) is 19.7 Å². The monoisotopic (exact) mass is 248 g/mol. The van der Waals surface area contributed by atoms with Crippen molar-refractivity contribution in [2.24, 2.45) is 5.41 Å². The average molecular weight is 248 g/mol. The molecule has 0 radical (unpaired) electrons. The van der Waals surface area contributed by atoms with E-state index in [1.807, 2.05) is 0 Å². The van der Waals surface area contributed by atoms with Crippen LogP contribution in [0.3, 0.4) is 0 Å². The summed E-state index contributed by atoms with van der Waals surface area (Å²) in [6.07, 6.45) is 5.46. The normalized spacial score (nSPS) is 25.9. The molecule has 0 bridgehead atoms. The third-order valence-electron chi connectivity index (χ3n) is 4.55. The van der Waals surface area contributed by atoms with Crippen LogP contribution < -0.4 is 0 Å². The van der Waals surface area contributed by atoms with Crippen molar-refractivity contribution in [1.29, 1.82) is 0 Å². The Bertz CT molecular complexity index is 494. The largest absolute Gasteiger partial charge is 0.465 e. The van der Waals surface area contributed by atoms with Crippen molar-refractivity contribution in [3.63, 3.8) is 0 Å². The number of likely N-dealkylation sites (tertiary alicyclic amines) is 1. The number of aromatic nitrogens is 3. The van der Waals surface area contributed by atoms with E-state index in [2.05, 4.69) is 14.8 Å². The summed E-state index contributed by atoms with van der Waals surface area (Å²) < 4.78 is 2.09. The zero-order valence-corrected chi connectivity index (χ0v) is 10.1. The van der Waals surface area contributed by atoms with Crippen LogP contribution in [0.2, 0.25) is 0 Å². The molecule has 1 aromatic rings. The molecule has 2 aliphatic carbocycles. The van der Waals surface area contributed by atoms with Gasteiger partial charge in [-0.05, 0) is 25.7 Å². The number of hydrogen-bond acceptors (Lipinski definition) is 3. The smallest absolute Gasteiger partial charge is 0.407 e.